The summed E-state index contributed by atoms with van der Waals surface area (Å²) >= 11 is 7.76. The molecule has 1 aromatic carbocycles. The Kier molecular flexibility index (Phi) is 4.55. The molecule has 0 radical (unpaired) electrons. The van der Waals surface area contributed by atoms with E-state index in [1.165, 1.54) is 11.5 Å². The van der Waals surface area contributed by atoms with Crippen LogP contribution < -0.4 is 10.2 Å². The number of benzene rings is 1. The van der Waals surface area contributed by atoms with Gasteiger partial charge in [-0.15, -0.1) is 0 Å². The van der Waals surface area contributed by atoms with E-state index < -0.39 is 0 Å². The standard InChI is InChI=1S/C18H16ClN7OS/c19-16-12-10-21-24-13(12)1-2-14(16)22-18-23-17(25-28-18)11-3-4-20-15(9-11)26-5-7-27-8-6-26/h1-4,9-10H,5-8H2,(H,21,24)(H,22,23,25). The smallest absolute Gasteiger partial charge is 0.207 e. The number of anilines is 3. The van der Waals surface area contributed by atoms with E-state index in [0.717, 1.165) is 54.3 Å². The fourth-order valence-corrected chi connectivity index (χ4v) is 3.97. The van der Waals surface area contributed by atoms with E-state index in [9.17, 15) is 0 Å². The molecule has 10 heteroatoms. The SMILES string of the molecule is Clc1c(Nc2nc(-c3ccnc(N4CCOCC4)c3)ns2)ccc2[nH]ncc12. The number of rotatable bonds is 4. The Labute approximate surface area is 169 Å². The quantitative estimate of drug-likeness (QED) is 0.526. The summed E-state index contributed by atoms with van der Waals surface area (Å²) in [5.74, 6) is 1.57. The van der Waals surface area contributed by atoms with Gasteiger partial charge in [-0.25, -0.2) is 4.98 Å². The predicted molar refractivity (Wildman–Crippen MR) is 111 cm³/mol. The topological polar surface area (TPSA) is 91.9 Å². The zero-order valence-electron chi connectivity index (χ0n) is 14.7. The van der Waals surface area contributed by atoms with Crippen molar-refractivity contribution in [3.63, 3.8) is 0 Å². The summed E-state index contributed by atoms with van der Waals surface area (Å²) in [6.45, 7) is 3.11. The van der Waals surface area contributed by atoms with E-state index in [1.54, 1.807) is 12.4 Å². The number of ether oxygens (including phenoxy) is 1. The third-order valence-electron chi connectivity index (χ3n) is 4.56. The molecule has 0 bridgehead atoms. The second kappa shape index (κ2) is 7.34. The molecule has 2 N–H and O–H groups in total. The molecular weight excluding hydrogens is 398 g/mol. The van der Waals surface area contributed by atoms with Crippen molar-refractivity contribution in [3.05, 3.63) is 41.7 Å². The number of hydrogen-bond acceptors (Lipinski definition) is 8. The van der Waals surface area contributed by atoms with E-state index in [-0.39, 0.29) is 0 Å². The monoisotopic (exact) mass is 413 g/mol. The molecule has 1 saturated heterocycles. The number of H-pyrrole nitrogens is 1. The van der Waals surface area contributed by atoms with Gasteiger partial charge < -0.3 is 15.0 Å². The average molecular weight is 414 g/mol. The van der Waals surface area contributed by atoms with Crippen molar-refractivity contribution in [2.45, 2.75) is 0 Å². The lowest BCUT2D eigenvalue weighted by atomic mass is 10.2. The first-order chi connectivity index (χ1) is 13.8. The van der Waals surface area contributed by atoms with Crippen LogP contribution in [0.25, 0.3) is 22.3 Å². The summed E-state index contributed by atoms with van der Waals surface area (Å²) in [7, 11) is 0. The van der Waals surface area contributed by atoms with Gasteiger partial charge in [-0.1, -0.05) is 11.6 Å². The molecule has 28 heavy (non-hydrogen) atoms. The molecule has 142 valence electrons. The zero-order chi connectivity index (χ0) is 18.9. The molecule has 1 aliphatic rings. The Balaban J connectivity index is 1.39. The van der Waals surface area contributed by atoms with E-state index in [2.05, 4.69) is 34.8 Å². The molecule has 1 fully saturated rings. The Morgan fingerprint density at radius 3 is 3.00 bits per heavy atom. The van der Waals surface area contributed by atoms with Crippen LogP contribution in [0.1, 0.15) is 0 Å². The fourth-order valence-electron chi connectivity index (χ4n) is 3.11. The molecular formula is C18H16ClN7OS. The van der Waals surface area contributed by atoms with Crippen LogP contribution in [0.2, 0.25) is 5.02 Å². The third-order valence-corrected chi connectivity index (χ3v) is 5.60. The molecule has 0 aliphatic carbocycles. The maximum absolute atomic E-state index is 6.47. The van der Waals surface area contributed by atoms with E-state index in [1.807, 2.05) is 24.3 Å². The van der Waals surface area contributed by atoms with Crippen LogP contribution >= 0.6 is 23.1 Å². The fraction of sp³-hybridized carbons (Fsp3) is 0.222. The Hall–Kier alpha value is -2.75. The van der Waals surface area contributed by atoms with Crippen molar-refractivity contribution in [2.24, 2.45) is 0 Å². The first-order valence-electron chi connectivity index (χ1n) is 8.79. The molecule has 0 unspecified atom stereocenters. The van der Waals surface area contributed by atoms with E-state index in [4.69, 9.17) is 16.3 Å². The second-order valence-electron chi connectivity index (χ2n) is 6.31. The molecule has 1 aliphatic heterocycles. The van der Waals surface area contributed by atoms with Crippen molar-refractivity contribution >= 4 is 50.7 Å². The van der Waals surface area contributed by atoms with Crippen LogP contribution in [0.5, 0.6) is 0 Å². The summed E-state index contributed by atoms with van der Waals surface area (Å²) in [4.78, 5) is 11.3. The highest BCUT2D eigenvalue weighted by molar-refractivity contribution is 7.10. The lowest BCUT2D eigenvalue weighted by Crippen LogP contribution is -2.36. The lowest BCUT2D eigenvalue weighted by Gasteiger charge is -2.27. The van der Waals surface area contributed by atoms with Crippen LogP contribution in [-0.4, -0.2) is 50.8 Å². The van der Waals surface area contributed by atoms with Gasteiger partial charge in [-0.2, -0.15) is 14.5 Å². The van der Waals surface area contributed by atoms with Crippen molar-refractivity contribution in [3.8, 4) is 11.4 Å². The molecule has 3 aromatic heterocycles. The summed E-state index contributed by atoms with van der Waals surface area (Å²) < 4.78 is 9.90. The Morgan fingerprint density at radius 1 is 1.21 bits per heavy atom. The van der Waals surface area contributed by atoms with Crippen LogP contribution in [0.15, 0.2) is 36.7 Å². The molecule has 0 amide bonds. The van der Waals surface area contributed by atoms with Gasteiger partial charge in [0, 0.05) is 41.8 Å². The largest absolute Gasteiger partial charge is 0.378 e. The number of morpholine rings is 1. The van der Waals surface area contributed by atoms with Gasteiger partial charge in [0.25, 0.3) is 0 Å². The number of hydrogen-bond donors (Lipinski definition) is 2. The number of fused-ring (bicyclic) bond motifs is 1. The average Bonchev–Trinajstić information content (AvgIpc) is 3.41. The molecule has 0 atom stereocenters. The molecule has 5 rings (SSSR count). The number of aromatic nitrogens is 5. The van der Waals surface area contributed by atoms with Gasteiger partial charge in [0.2, 0.25) is 5.13 Å². The molecule has 4 aromatic rings. The maximum Gasteiger partial charge on any atom is 0.207 e. The summed E-state index contributed by atoms with van der Waals surface area (Å²) in [6.07, 6.45) is 3.50. The van der Waals surface area contributed by atoms with Crippen molar-refractivity contribution in [2.75, 3.05) is 36.5 Å². The van der Waals surface area contributed by atoms with Crippen molar-refractivity contribution in [1.29, 1.82) is 0 Å². The third kappa shape index (κ3) is 3.28. The summed E-state index contributed by atoms with van der Waals surface area (Å²) in [6, 6.07) is 7.75. The number of nitrogens with zero attached hydrogens (tertiary/aromatic N) is 5. The highest BCUT2D eigenvalue weighted by Crippen LogP contribution is 2.33. The minimum absolute atomic E-state index is 0.599. The number of nitrogens with one attached hydrogen (secondary N) is 2. The van der Waals surface area contributed by atoms with Gasteiger partial charge >= 0.3 is 0 Å². The van der Waals surface area contributed by atoms with Crippen LogP contribution in [0.4, 0.5) is 16.6 Å². The number of pyridine rings is 1. The summed E-state index contributed by atoms with van der Waals surface area (Å²) in [5, 5.41) is 12.3. The second-order valence-corrected chi connectivity index (χ2v) is 7.44. The maximum atomic E-state index is 6.47. The normalized spacial score (nSPS) is 14.5. The Bertz CT molecular complexity index is 1120. The van der Waals surface area contributed by atoms with E-state index in [0.29, 0.717) is 16.0 Å². The highest BCUT2D eigenvalue weighted by Gasteiger charge is 2.15. The molecule has 8 nitrogen and oxygen atoms in total. The number of aromatic amines is 1. The van der Waals surface area contributed by atoms with Gasteiger partial charge in [-0.05, 0) is 24.3 Å². The van der Waals surface area contributed by atoms with Gasteiger partial charge in [0.1, 0.15) is 5.82 Å². The minimum Gasteiger partial charge on any atom is -0.378 e. The molecule has 4 heterocycles. The first-order valence-corrected chi connectivity index (χ1v) is 9.94. The highest BCUT2D eigenvalue weighted by atomic mass is 35.5. The van der Waals surface area contributed by atoms with E-state index >= 15 is 0 Å². The molecule has 0 spiro atoms. The van der Waals surface area contributed by atoms with Crippen molar-refractivity contribution < 1.29 is 4.74 Å². The van der Waals surface area contributed by atoms with Crippen molar-refractivity contribution in [1.82, 2.24) is 24.5 Å². The first kappa shape index (κ1) is 17.4. The van der Waals surface area contributed by atoms with Crippen LogP contribution in [0.3, 0.4) is 0 Å². The number of halogens is 1. The summed E-state index contributed by atoms with van der Waals surface area (Å²) in [5.41, 5.74) is 2.58. The predicted octanol–water partition coefficient (Wildman–Crippen LogP) is 3.71. The molecule has 0 saturated carbocycles. The van der Waals surface area contributed by atoms with Gasteiger partial charge in [-0.3, -0.25) is 5.10 Å². The van der Waals surface area contributed by atoms with Crippen LogP contribution in [-0.2, 0) is 4.74 Å². The van der Waals surface area contributed by atoms with Crippen LogP contribution in [0, 0.1) is 0 Å². The Morgan fingerprint density at radius 2 is 2.11 bits per heavy atom. The van der Waals surface area contributed by atoms with Gasteiger partial charge in [0.15, 0.2) is 5.82 Å². The lowest BCUT2D eigenvalue weighted by molar-refractivity contribution is 0.122. The van der Waals surface area contributed by atoms with Gasteiger partial charge in [0.05, 0.1) is 35.6 Å². The minimum atomic E-state index is 0.599. The zero-order valence-corrected chi connectivity index (χ0v) is 16.3.